The number of hydrogen-bond acceptors (Lipinski definition) is 1. The highest BCUT2D eigenvalue weighted by molar-refractivity contribution is 9.10. The van der Waals surface area contributed by atoms with Gasteiger partial charge < -0.3 is 4.74 Å². The third-order valence-corrected chi connectivity index (χ3v) is 4.76. The molecular weight excluding hydrogens is 312 g/mol. The lowest BCUT2D eigenvalue weighted by molar-refractivity contribution is 0.249. The molecule has 0 spiro atoms. The van der Waals surface area contributed by atoms with Gasteiger partial charge in [-0.3, -0.25) is 0 Å². The Hall–Kier alpha value is -0.210. The van der Waals surface area contributed by atoms with E-state index in [4.69, 9.17) is 16.3 Å². The second-order valence-corrected chi connectivity index (χ2v) is 6.27. The fourth-order valence-electron chi connectivity index (χ4n) is 2.73. The van der Waals surface area contributed by atoms with Crippen LogP contribution in [0.25, 0.3) is 0 Å². The number of benzene rings is 1. The maximum atomic E-state index is 6.09. The van der Waals surface area contributed by atoms with Crippen molar-refractivity contribution < 1.29 is 4.74 Å². The highest BCUT2D eigenvalue weighted by Gasteiger charge is 2.24. The monoisotopic (exact) mass is 330 g/mol. The molecule has 1 aliphatic carbocycles. The zero-order valence-corrected chi connectivity index (χ0v) is 12.9. The standard InChI is InChI=1S/C15H20BrClO/c16-14-5-7-15(8-6-14)18-10-9-13(11-17)12-3-1-2-4-12/h5-8,12-13H,1-4,9-11H2. The van der Waals surface area contributed by atoms with Crippen LogP contribution in [-0.2, 0) is 0 Å². The first-order chi connectivity index (χ1) is 8.79. The lowest BCUT2D eigenvalue weighted by atomic mass is 9.90. The molecule has 18 heavy (non-hydrogen) atoms. The van der Waals surface area contributed by atoms with Crippen molar-refractivity contribution in [3.63, 3.8) is 0 Å². The molecule has 0 aromatic heterocycles. The van der Waals surface area contributed by atoms with E-state index in [1.165, 1.54) is 25.7 Å². The molecule has 1 aromatic rings. The third kappa shape index (κ3) is 4.17. The van der Waals surface area contributed by atoms with Gasteiger partial charge in [-0.25, -0.2) is 0 Å². The van der Waals surface area contributed by atoms with E-state index in [0.29, 0.717) is 5.92 Å². The first-order valence-corrected chi connectivity index (χ1v) is 8.06. The van der Waals surface area contributed by atoms with Gasteiger partial charge in [-0.05, 0) is 42.5 Å². The zero-order valence-electron chi connectivity index (χ0n) is 10.6. The lowest BCUT2D eigenvalue weighted by Crippen LogP contribution is -2.16. The van der Waals surface area contributed by atoms with Crippen molar-refractivity contribution in [2.45, 2.75) is 32.1 Å². The molecule has 3 heteroatoms. The lowest BCUT2D eigenvalue weighted by Gasteiger charge is -2.20. The van der Waals surface area contributed by atoms with Crippen molar-refractivity contribution in [2.24, 2.45) is 11.8 Å². The zero-order chi connectivity index (χ0) is 12.8. The molecule has 1 aromatic carbocycles. The van der Waals surface area contributed by atoms with Crippen LogP contribution in [0.1, 0.15) is 32.1 Å². The van der Waals surface area contributed by atoms with Crippen LogP contribution in [0.3, 0.4) is 0 Å². The molecule has 100 valence electrons. The van der Waals surface area contributed by atoms with Crippen LogP contribution in [0.2, 0.25) is 0 Å². The average Bonchev–Trinajstić information content (AvgIpc) is 2.91. The van der Waals surface area contributed by atoms with Crippen LogP contribution in [0.15, 0.2) is 28.7 Å². The van der Waals surface area contributed by atoms with E-state index in [1.807, 2.05) is 24.3 Å². The number of halogens is 2. The Morgan fingerprint density at radius 1 is 1.22 bits per heavy atom. The molecule has 0 radical (unpaired) electrons. The van der Waals surface area contributed by atoms with Gasteiger partial charge in [-0.1, -0.05) is 41.6 Å². The molecule has 1 nitrogen and oxygen atoms in total. The Kier molecular flexibility index (Phi) is 5.84. The molecular formula is C15H20BrClO. The van der Waals surface area contributed by atoms with Gasteiger partial charge in [0.05, 0.1) is 6.61 Å². The molecule has 0 bridgehead atoms. The van der Waals surface area contributed by atoms with Crippen LogP contribution in [0, 0.1) is 11.8 Å². The Morgan fingerprint density at radius 2 is 1.89 bits per heavy atom. The Bertz CT molecular complexity index is 346. The van der Waals surface area contributed by atoms with Gasteiger partial charge in [-0.15, -0.1) is 11.6 Å². The second-order valence-electron chi connectivity index (χ2n) is 5.05. The molecule has 0 amide bonds. The molecule has 0 heterocycles. The van der Waals surface area contributed by atoms with Gasteiger partial charge >= 0.3 is 0 Å². The Morgan fingerprint density at radius 3 is 2.50 bits per heavy atom. The summed E-state index contributed by atoms with van der Waals surface area (Å²) in [6, 6.07) is 8.00. The normalized spacial score (nSPS) is 17.9. The van der Waals surface area contributed by atoms with Crippen LogP contribution < -0.4 is 4.74 Å². The fraction of sp³-hybridized carbons (Fsp3) is 0.600. The maximum Gasteiger partial charge on any atom is 0.119 e. The smallest absolute Gasteiger partial charge is 0.119 e. The van der Waals surface area contributed by atoms with Crippen molar-refractivity contribution in [1.82, 2.24) is 0 Å². The van der Waals surface area contributed by atoms with Gasteiger partial charge in [0.25, 0.3) is 0 Å². The highest BCUT2D eigenvalue weighted by Crippen LogP contribution is 2.33. The minimum Gasteiger partial charge on any atom is -0.494 e. The Balaban J connectivity index is 1.74. The van der Waals surface area contributed by atoms with E-state index >= 15 is 0 Å². The predicted molar refractivity (Wildman–Crippen MR) is 80.4 cm³/mol. The number of rotatable bonds is 6. The SMILES string of the molecule is ClCC(CCOc1ccc(Br)cc1)C1CCCC1. The van der Waals surface area contributed by atoms with Gasteiger partial charge in [0.2, 0.25) is 0 Å². The molecule has 1 saturated carbocycles. The molecule has 1 fully saturated rings. The van der Waals surface area contributed by atoms with Gasteiger partial charge in [-0.2, -0.15) is 0 Å². The second kappa shape index (κ2) is 7.40. The summed E-state index contributed by atoms with van der Waals surface area (Å²) >= 11 is 9.51. The molecule has 0 aliphatic heterocycles. The van der Waals surface area contributed by atoms with Crippen LogP contribution in [-0.4, -0.2) is 12.5 Å². The third-order valence-electron chi connectivity index (χ3n) is 3.84. The van der Waals surface area contributed by atoms with E-state index in [-0.39, 0.29) is 0 Å². The molecule has 0 N–H and O–H groups in total. The van der Waals surface area contributed by atoms with Crippen molar-refractivity contribution in [3.05, 3.63) is 28.7 Å². The minimum absolute atomic E-state index is 0.629. The van der Waals surface area contributed by atoms with Crippen molar-refractivity contribution in [3.8, 4) is 5.75 Å². The van der Waals surface area contributed by atoms with Crippen LogP contribution in [0.5, 0.6) is 5.75 Å². The number of alkyl halides is 1. The summed E-state index contributed by atoms with van der Waals surface area (Å²) in [6.07, 6.45) is 6.55. The molecule has 1 unspecified atom stereocenters. The van der Waals surface area contributed by atoms with Gasteiger partial charge in [0.1, 0.15) is 5.75 Å². The van der Waals surface area contributed by atoms with Crippen molar-refractivity contribution >= 4 is 27.5 Å². The fourth-order valence-corrected chi connectivity index (χ4v) is 3.40. The summed E-state index contributed by atoms with van der Waals surface area (Å²) in [4.78, 5) is 0. The predicted octanol–water partition coefficient (Wildman–Crippen LogP) is 5.26. The summed E-state index contributed by atoms with van der Waals surface area (Å²) in [6.45, 7) is 0.773. The first kappa shape index (κ1) is 14.2. The largest absolute Gasteiger partial charge is 0.494 e. The van der Waals surface area contributed by atoms with Crippen LogP contribution >= 0.6 is 27.5 Å². The quantitative estimate of drug-likeness (QED) is 0.646. The van der Waals surface area contributed by atoms with Gasteiger partial charge in [0.15, 0.2) is 0 Å². The molecule has 0 saturated heterocycles. The van der Waals surface area contributed by atoms with Crippen molar-refractivity contribution in [1.29, 1.82) is 0 Å². The first-order valence-electron chi connectivity index (χ1n) is 6.74. The summed E-state index contributed by atoms with van der Waals surface area (Å²) in [5.74, 6) is 3.17. The van der Waals surface area contributed by atoms with E-state index in [0.717, 1.165) is 35.0 Å². The Labute approximate surface area is 123 Å². The maximum absolute atomic E-state index is 6.09. The van der Waals surface area contributed by atoms with Gasteiger partial charge in [0, 0.05) is 10.4 Å². The minimum atomic E-state index is 0.629. The summed E-state index contributed by atoms with van der Waals surface area (Å²) in [5, 5.41) is 0. The average molecular weight is 332 g/mol. The number of hydrogen-bond donors (Lipinski definition) is 0. The topological polar surface area (TPSA) is 9.23 Å². The summed E-state index contributed by atoms with van der Waals surface area (Å²) in [7, 11) is 0. The van der Waals surface area contributed by atoms with E-state index < -0.39 is 0 Å². The van der Waals surface area contributed by atoms with Crippen molar-refractivity contribution in [2.75, 3.05) is 12.5 Å². The highest BCUT2D eigenvalue weighted by atomic mass is 79.9. The van der Waals surface area contributed by atoms with E-state index in [2.05, 4.69) is 15.9 Å². The van der Waals surface area contributed by atoms with E-state index in [9.17, 15) is 0 Å². The summed E-state index contributed by atoms with van der Waals surface area (Å²) < 4.78 is 6.86. The summed E-state index contributed by atoms with van der Waals surface area (Å²) in [5.41, 5.74) is 0. The molecule has 1 aliphatic rings. The van der Waals surface area contributed by atoms with Crippen LogP contribution in [0.4, 0.5) is 0 Å². The number of ether oxygens (including phenoxy) is 1. The van der Waals surface area contributed by atoms with E-state index in [1.54, 1.807) is 0 Å². The molecule has 2 rings (SSSR count). The molecule has 1 atom stereocenters.